The van der Waals surface area contributed by atoms with E-state index < -0.39 is 0 Å². The molecule has 5 heteroatoms. The van der Waals surface area contributed by atoms with Crippen LogP contribution in [0.15, 0.2) is 59.0 Å². The number of benzene rings is 1. The summed E-state index contributed by atoms with van der Waals surface area (Å²) in [7, 11) is 0. The van der Waals surface area contributed by atoms with Crippen molar-refractivity contribution in [2.45, 2.75) is 6.54 Å². The maximum absolute atomic E-state index is 12.5. The van der Waals surface area contributed by atoms with Gasteiger partial charge in [0.25, 0.3) is 0 Å². The van der Waals surface area contributed by atoms with Gasteiger partial charge >= 0.3 is 0 Å². The Labute approximate surface area is 130 Å². The summed E-state index contributed by atoms with van der Waals surface area (Å²) in [4.78, 5) is 28.8. The summed E-state index contributed by atoms with van der Waals surface area (Å²) >= 11 is 3.24. The van der Waals surface area contributed by atoms with Crippen LogP contribution in [0.2, 0.25) is 0 Å². The number of halogens is 1. The number of nitrogens with one attached hydrogen (secondary N) is 1. The number of hydrogen-bond acceptors (Lipinski definition) is 4. The van der Waals surface area contributed by atoms with Crippen molar-refractivity contribution in [1.29, 1.82) is 0 Å². The number of aromatic nitrogens is 1. The van der Waals surface area contributed by atoms with E-state index >= 15 is 0 Å². The molecule has 2 aromatic rings. The number of hydrogen-bond donors (Lipinski definition) is 1. The van der Waals surface area contributed by atoms with E-state index in [2.05, 4.69) is 26.2 Å². The van der Waals surface area contributed by atoms with E-state index in [1.165, 1.54) is 0 Å². The third kappa shape index (κ3) is 2.52. The van der Waals surface area contributed by atoms with E-state index in [4.69, 9.17) is 0 Å². The highest BCUT2D eigenvalue weighted by Gasteiger charge is 2.30. The molecule has 0 radical (unpaired) electrons. The van der Waals surface area contributed by atoms with Crippen LogP contribution in [0, 0.1) is 0 Å². The minimum absolute atomic E-state index is 0.180. The van der Waals surface area contributed by atoms with Crippen LogP contribution in [-0.4, -0.2) is 16.6 Å². The molecule has 0 bridgehead atoms. The first-order valence-electron chi connectivity index (χ1n) is 6.39. The van der Waals surface area contributed by atoms with E-state index in [9.17, 15) is 9.59 Å². The number of Topliss-reactive ketones (excluding diaryl/α,β-unsaturated/α-hetero) is 2. The second kappa shape index (κ2) is 5.61. The molecule has 0 atom stereocenters. The molecule has 21 heavy (non-hydrogen) atoms. The Morgan fingerprint density at radius 2 is 1.71 bits per heavy atom. The molecule has 0 unspecified atom stereocenters. The van der Waals surface area contributed by atoms with Crippen molar-refractivity contribution in [3.05, 3.63) is 75.7 Å². The second-order valence-corrected chi connectivity index (χ2v) is 5.40. The quantitative estimate of drug-likeness (QED) is 0.931. The van der Waals surface area contributed by atoms with Crippen LogP contribution in [0.3, 0.4) is 0 Å². The molecule has 4 nitrogen and oxygen atoms in total. The lowest BCUT2D eigenvalue weighted by molar-refractivity contribution is 0.0975. The third-order valence-electron chi connectivity index (χ3n) is 3.25. The van der Waals surface area contributed by atoms with Gasteiger partial charge in [-0.2, -0.15) is 0 Å². The first-order valence-corrected chi connectivity index (χ1v) is 7.19. The molecule has 104 valence electrons. The molecular weight excluding hydrogens is 332 g/mol. The molecule has 0 spiro atoms. The number of carbonyl (C=O) groups excluding carboxylic acids is 2. The Morgan fingerprint density at radius 3 is 2.38 bits per heavy atom. The first-order chi connectivity index (χ1) is 10.2. The summed E-state index contributed by atoms with van der Waals surface area (Å²) in [6.07, 6.45) is 3.40. The van der Waals surface area contributed by atoms with Crippen LogP contribution < -0.4 is 5.32 Å². The number of allylic oxidation sites excluding steroid dienone is 2. The number of nitrogens with zero attached hydrogens (tertiary/aromatic N) is 1. The predicted molar refractivity (Wildman–Crippen MR) is 82.1 cm³/mol. The number of carbonyl (C=O) groups is 2. The minimum Gasteiger partial charge on any atom is -0.377 e. The van der Waals surface area contributed by atoms with E-state index in [1.807, 2.05) is 12.1 Å². The van der Waals surface area contributed by atoms with Crippen molar-refractivity contribution in [1.82, 2.24) is 10.3 Å². The molecule has 0 saturated carbocycles. The maximum atomic E-state index is 12.5. The van der Waals surface area contributed by atoms with Gasteiger partial charge < -0.3 is 5.32 Å². The van der Waals surface area contributed by atoms with E-state index in [-0.39, 0.29) is 16.0 Å². The molecular formula is C16H11BrN2O2. The van der Waals surface area contributed by atoms with E-state index in [0.717, 1.165) is 5.56 Å². The maximum Gasteiger partial charge on any atom is 0.210 e. The fourth-order valence-corrected chi connectivity index (χ4v) is 2.73. The first kappa shape index (κ1) is 13.7. The normalized spacial score (nSPS) is 14.1. The van der Waals surface area contributed by atoms with Crippen molar-refractivity contribution in [3.8, 4) is 0 Å². The summed E-state index contributed by atoms with van der Waals surface area (Å²) < 4.78 is 0.273. The van der Waals surface area contributed by atoms with Crippen molar-refractivity contribution in [2.24, 2.45) is 0 Å². The number of rotatable bonds is 3. The molecule has 0 amide bonds. The highest BCUT2D eigenvalue weighted by Crippen LogP contribution is 2.28. The zero-order valence-corrected chi connectivity index (χ0v) is 12.6. The SMILES string of the molecule is O=C1C(Br)=C(NCc2cccnc2)C(=O)c2ccccc21. The van der Waals surface area contributed by atoms with Crippen LogP contribution in [0.4, 0.5) is 0 Å². The minimum atomic E-state index is -0.182. The average molecular weight is 343 g/mol. The largest absolute Gasteiger partial charge is 0.377 e. The lowest BCUT2D eigenvalue weighted by Gasteiger charge is -2.19. The van der Waals surface area contributed by atoms with E-state index in [0.29, 0.717) is 23.4 Å². The lowest BCUT2D eigenvalue weighted by atomic mass is 9.92. The summed E-state index contributed by atoms with van der Waals surface area (Å²) in [5, 5.41) is 3.03. The van der Waals surface area contributed by atoms with Gasteiger partial charge in [-0.05, 0) is 27.6 Å². The smallest absolute Gasteiger partial charge is 0.210 e. The van der Waals surface area contributed by atoms with Gasteiger partial charge in [0.15, 0.2) is 0 Å². The van der Waals surface area contributed by atoms with Crippen LogP contribution >= 0.6 is 15.9 Å². The van der Waals surface area contributed by atoms with Crippen LogP contribution in [0.1, 0.15) is 26.3 Å². The van der Waals surface area contributed by atoms with Gasteiger partial charge in [-0.1, -0.05) is 30.3 Å². The summed E-state index contributed by atoms with van der Waals surface area (Å²) in [6, 6.07) is 10.6. The Balaban J connectivity index is 1.90. The van der Waals surface area contributed by atoms with E-state index in [1.54, 1.807) is 36.7 Å². The predicted octanol–water partition coefficient (Wildman–Crippen LogP) is 2.86. The molecule has 1 aromatic heterocycles. The standard InChI is InChI=1S/C16H11BrN2O2/c17-13-14(19-9-10-4-3-7-18-8-10)16(21)12-6-2-1-5-11(12)15(13)20/h1-8,19H,9H2. The fourth-order valence-electron chi connectivity index (χ4n) is 2.20. The van der Waals surface area contributed by atoms with Gasteiger partial charge in [-0.15, -0.1) is 0 Å². The van der Waals surface area contributed by atoms with Gasteiger partial charge in [0.2, 0.25) is 11.6 Å². The molecule has 1 aliphatic carbocycles. The summed E-state index contributed by atoms with van der Waals surface area (Å²) in [5.41, 5.74) is 2.09. The zero-order valence-electron chi connectivity index (χ0n) is 11.0. The van der Waals surface area contributed by atoms with Gasteiger partial charge in [0, 0.05) is 30.1 Å². The second-order valence-electron chi connectivity index (χ2n) is 4.61. The monoisotopic (exact) mass is 342 g/mol. The molecule has 3 rings (SSSR count). The highest BCUT2D eigenvalue weighted by atomic mass is 79.9. The average Bonchev–Trinajstić information content (AvgIpc) is 2.54. The Bertz CT molecular complexity index is 754. The topological polar surface area (TPSA) is 59.1 Å². The summed E-state index contributed by atoms with van der Waals surface area (Å²) in [6.45, 7) is 0.430. The van der Waals surface area contributed by atoms with Crippen LogP contribution in [0.5, 0.6) is 0 Å². The van der Waals surface area contributed by atoms with Crippen molar-refractivity contribution in [2.75, 3.05) is 0 Å². The van der Waals surface area contributed by atoms with Gasteiger partial charge in [-0.25, -0.2) is 0 Å². The zero-order chi connectivity index (χ0) is 14.8. The van der Waals surface area contributed by atoms with Gasteiger partial charge in [0.1, 0.15) is 5.70 Å². The van der Waals surface area contributed by atoms with Crippen molar-refractivity contribution in [3.63, 3.8) is 0 Å². The summed E-state index contributed by atoms with van der Waals surface area (Å²) in [5.74, 6) is -0.361. The molecule has 1 aromatic carbocycles. The number of pyridine rings is 1. The van der Waals surface area contributed by atoms with Crippen molar-refractivity contribution < 1.29 is 9.59 Å². The molecule has 1 aliphatic rings. The lowest BCUT2D eigenvalue weighted by Crippen LogP contribution is -2.28. The van der Waals surface area contributed by atoms with Gasteiger partial charge in [0.05, 0.1) is 4.48 Å². The van der Waals surface area contributed by atoms with Crippen LogP contribution in [-0.2, 0) is 6.54 Å². The molecule has 1 N–H and O–H groups in total. The third-order valence-corrected chi connectivity index (χ3v) is 4.01. The Hall–Kier alpha value is -2.27. The number of fused-ring (bicyclic) bond motifs is 1. The molecule has 0 saturated heterocycles. The molecule has 0 fully saturated rings. The fraction of sp³-hybridized carbons (Fsp3) is 0.0625. The highest BCUT2D eigenvalue weighted by molar-refractivity contribution is 9.12. The molecule has 1 heterocycles. The molecule has 0 aliphatic heterocycles. The Kier molecular flexibility index (Phi) is 3.66. The number of ketones is 2. The van der Waals surface area contributed by atoms with Crippen LogP contribution in [0.25, 0.3) is 0 Å². The van der Waals surface area contributed by atoms with Gasteiger partial charge in [-0.3, -0.25) is 14.6 Å². The van der Waals surface area contributed by atoms with Crippen molar-refractivity contribution >= 4 is 27.5 Å². The Morgan fingerprint density at radius 1 is 1.00 bits per heavy atom.